The van der Waals surface area contributed by atoms with Crippen molar-refractivity contribution in [2.45, 2.75) is 6.92 Å². The van der Waals surface area contributed by atoms with Gasteiger partial charge in [-0.1, -0.05) is 18.2 Å². The van der Waals surface area contributed by atoms with Crippen LogP contribution >= 0.6 is 0 Å². The number of nitro groups is 1. The van der Waals surface area contributed by atoms with Gasteiger partial charge in [-0.05, 0) is 48.4 Å². The Hall–Kier alpha value is -4.16. The third-order valence-corrected chi connectivity index (χ3v) is 4.06. The Morgan fingerprint density at radius 3 is 2.48 bits per heavy atom. The van der Waals surface area contributed by atoms with E-state index < -0.39 is 4.92 Å². The average Bonchev–Trinajstić information content (AvgIpc) is 3.14. The van der Waals surface area contributed by atoms with Crippen molar-refractivity contribution in [2.24, 2.45) is 0 Å². The number of nitriles is 2. The van der Waals surface area contributed by atoms with Crippen LogP contribution in [0, 0.1) is 39.7 Å². The van der Waals surface area contributed by atoms with Crippen molar-refractivity contribution in [1.29, 1.82) is 10.5 Å². The number of hydrogen-bond acceptors (Lipinski definition) is 5. The molecule has 0 N–H and O–H groups in total. The number of allylic oxidation sites excluding steroid dienone is 1. The van der Waals surface area contributed by atoms with Crippen LogP contribution in [0.25, 0.3) is 23.0 Å². The molecule has 6 heteroatoms. The fourth-order valence-corrected chi connectivity index (χ4v) is 2.61. The Morgan fingerprint density at radius 2 is 1.85 bits per heavy atom. The Morgan fingerprint density at radius 1 is 1.11 bits per heavy atom. The van der Waals surface area contributed by atoms with Crippen molar-refractivity contribution in [2.75, 3.05) is 0 Å². The van der Waals surface area contributed by atoms with Crippen LogP contribution in [0.4, 0.5) is 5.69 Å². The van der Waals surface area contributed by atoms with Crippen molar-refractivity contribution in [3.8, 4) is 23.5 Å². The number of hydrogen-bond donors (Lipinski definition) is 0. The number of rotatable bonds is 4. The van der Waals surface area contributed by atoms with Gasteiger partial charge in [-0.15, -0.1) is 0 Å². The second-order valence-electron chi connectivity index (χ2n) is 5.82. The molecule has 0 saturated carbocycles. The number of benzene rings is 2. The monoisotopic (exact) mass is 355 g/mol. The number of non-ortho nitro benzene ring substituents is 1. The van der Waals surface area contributed by atoms with E-state index >= 15 is 0 Å². The van der Waals surface area contributed by atoms with E-state index in [9.17, 15) is 15.4 Å². The van der Waals surface area contributed by atoms with E-state index in [0.29, 0.717) is 33.8 Å². The number of furan rings is 1. The van der Waals surface area contributed by atoms with Gasteiger partial charge >= 0.3 is 0 Å². The Balaban J connectivity index is 1.96. The van der Waals surface area contributed by atoms with Crippen LogP contribution in [0.3, 0.4) is 0 Å². The molecule has 0 aliphatic rings. The summed E-state index contributed by atoms with van der Waals surface area (Å²) < 4.78 is 5.78. The largest absolute Gasteiger partial charge is 0.457 e. The molecule has 0 aliphatic heterocycles. The molecule has 1 aromatic heterocycles. The highest BCUT2D eigenvalue weighted by molar-refractivity contribution is 5.89. The molecule has 0 spiro atoms. The smallest absolute Gasteiger partial charge is 0.270 e. The van der Waals surface area contributed by atoms with Gasteiger partial charge < -0.3 is 4.42 Å². The summed E-state index contributed by atoms with van der Waals surface area (Å²) in [6.07, 6.45) is 1.59. The highest BCUT2D eigenvalue weighted by Crippen LogP contribution is 2.30. The lowest BCUT2D eigenvalue weighted by molar-refractivity contribution is -0.384. The van der Waals surface area contributed by atoms with E-state index in [4.69, 9.17) is 9.68 Å². The molecular weight excluding hydrogens is 342 g/mol. The first-order chi connectivity index (χ1) is 13.0. The van der Waals surface area contributed by atoms with Gasteiger partial charge in [0.15, 0.2) is 0 Å². The second-order valence-corrected chi connectivity index (χ2v) is 5.82. The molecule has 0 bridgehead atoms. The molecule has 0 radical (unpaired) electrons. The molecule has 3 rings (SSSR count). The lowest BCUT2D eigenvalue weighted by Gasteiger charge is -2.02. The summed E-state index contributed by atoms with van der Waals surface area (Å²) in [7, 11) is 0. The zero-order chi connectivity index (χ0) is 19.4. The maximum atomic E-state index is 11.0. The molecule has 3 aromatic rings. The quantitative estimate of drug-likeness (QED) is 0.368. The first-order valence-electron chi connectivity index (χ1n) is 7.99. The zero-order valence-corrected chi connectivity index (χ0v) is 14.3. The number of aryl methyl sites for hydroxylation is 1. The molecule has 0 fully saturated rings. The van der Waals surface area contributed by atoms with Crippen LogP contribution < -0.4 is 0 Å². The lowest BCUT2D eigenvalue weighted by atomic mass is 10.0. The Bertz CT molecular complexity index is 1130. The fraction of sp³-hybridized carbons (Fsp3) is 0.0476. The van der Waals surface area contributed by atoms with Crippen molar-refractivity contribution < 1.29 is 9.34 Å². The molecule has 6 nitrogen and oxygen atoms in total. The van der Waals surface area contributed by atoms with Crippen LogP contribution in [0.1, 0.15) is 22.5 Å². The molecular formula is C21H13N3O3. The van der Waals surface area contributed by atoms with E-state index in [-0.39, 0.29) is 5.69 Å². The first-order valence-corrected chi connectivity index (χ1v) is 7.99. The Labute approximate surface area is 155 Å². The second kappa shape index (κ2) is 7.38. The maximum absolute atomic E-state index is 11.0. The molecule has 130 valence electrons. The van der Waals surface area contributed by atoms with Crippen LogP contribution in [-0.4, -0.2) is 4.92 Å². The summed E-state index contributed by atoms with van der Waals surface area (Å²) in [6, 6.07) is 18.8. The normalized spacial score (nSPS) is 10.9. The standard InChI is InChI=1S/C21H13N3O3/c1-14-2-7-18(24(25)26)11-20(14)21-9-8-19(27-21)10-17(13-23)16-5-3-15(12-22)4-6-16/h2-11H,1H3/b17-10-. The molecule has 0 amide bonds. The third-order valence-electron chi connectivity index (χ3n) is 4.06. The molecule has 0 atom stereocenters. The van der Waals surface area contributed by atoms with Gasteiger partial charge in [0, 0.05) is 17.7 Å². The predicted molar refractivity (Wildman–Crippen MR) is 100 cm³/mol. The molecule has 0 saturated heterocycles. The van der Waals surface area contributed by atoms with Gasteiger partial charge in [-0.3, -0.25) is 10.1 Å². The topological polar surface area (TPSA) is 104 Å². The van der Waals surface area contributed by atoms with Crippen molar-refractivity contribution in [1.82, 2.24) is 0 Å². The van der Waals surface area contributed by atoms with Crippen LogP contribution in [0.2, 0.25) is 0 Å². The minimum Gasteiger partial charge on any atom is -0.457 e. The molecule has 1 heterocycles. The van der Waals surface area contributed by atoms with Crippen LogP contribution in [0.15, 0.2) is 59.0 Å². The minimum atomic E-state index is -0.453. The number of nitrogens with zero attached hydrogens (tertiary/aromatic N) is 3. The number of nitro benzene ring substituents is 1. The van der Waals surface area contributed by atoms with Crippen molar-refractivity contribution >= 4 is 17.3 Å². The summed E-state index contributed by atoms with van der Waals surface area (Å²) in [5.74, 6) is 0.941. The molecule has 0 unspecified atom stereocenters. The van der Waals surface area contributed by atoms with Crippen molar-refractivity contribution in [3.05, 3.63) is 87.2 Å². The van der Waals surface area contributed by atoms with Gasteiger partial charge in [0.25, 0.3) is 5.69 Å². The SMILES string of the molecule is Cc1ccc([N+](=O)[O-])cc1-c1ccc(/C=C(/C#N)c2ccc(C#N)cc2)o1. The highest BCUT2D eigenvalue weighted by Gasteiger charge is 2.13. The maximum Gasteiger partial charge on any atom is 0.270 e. The van der Waals surface area contributed by atoms with E-state index in [1.54, 1.807) is 48.5 Å². The Kier molecular flexibility index (Phi) is 4.83. The first kappa shape index (κ1) is 17.7. The summed E-state index contributed by atoms with van der Waals surface area (Å²) in [6.45, 7) is 1.84. The summed E-state index contributed by atoms with van der Waals surface area (Å²) in [4.78, 5) is 10.5. The minimum absolute atomic E-state index is 0.0145. The van der Waals surface area contributed by atoms with Gasteiger partial charge in [-0.25, -0.2) is 0 Å². The van der Waals surface area contributed by atoms with Gasteiger partial charge in [0.05, 0.1) is 28.2 Å². The van der Waals surface area contributed by atoms with Gasteiger partial charge in [0.1, 0.15) is 11.5 Å². The van der Waals surface area contributed by atoms with Gasteiger partial charge in [0.2, 0.25) is 0 Å². The molecule has 0 aliphatic carbocycles. The highest BCUT2D eigenvalue weighted by atomic mass is 16.6. The van der Waals surface area contributed by atoms with E-state index in [1.165, 1.54) is 12.1 Å². The molecule has 27 heavy (non-hydrogen) atoms. The van der Waals surface area contributed by atoms with Crippen molar-refractivity contribution in [3.63, 3.8) is 0 Å². The van der Waals surface area contributed by atoms with E-state index in [2.05, 4.69) is 6.07 Å². The van der Waals surface area contributed by atoms with E-state index in [1.807, 2.05) is 13.0 Å². The summed E-state index contributed by atoms with van der Waals surface area (Å²) >= 11 is 0. The summed E-state index contributed by atoms with van der Waals surface area (Å²) in [5, 5.41) is 29.3. The molecule has 2 aromatic carbocycles. The van der Waals surface area contributed by atoms with Crippen LogP contribution in [0.5, 0.6) is 0 Å². The summed E-state index contributed by atoms with van der Waals surface area (Å²) in [5.41, 5.74) is 3.02. The zero-order valence-electron chi connectivity index (χ0n) is 14.3. The van der Waals surface area contributed by atoms with Gasteiger partial charge in [-0.2, -0.15) is 10.5 Å². The average molecular weight is 355 g/mol. The van der Waals surface area contributed by atoms with Crippen LogP contribution in [-0.2, 0) is 0 Å². The third kappa shape index (κ3) is 3.76. The lowest BCUT2D eigenvalue weighted by Crippen LogP contribution is -1.89. The van der Waals surface area contributed by atoms with E-state index in [0.717, 1.165) is 5.56 Å². The predicted octanol–water partition coefficient (Wildman–Crippen LogP) is 5.10. The fourth-order valence-electron chi connectivity index (χ4n) is 2.61.